The number of alkyl carbamates (subject to hydrolysis) is 1. The maximum Gasteiger partial charge on any atom is 0.415 e. The standard InChI is InChI=1S/C13H16N2O5/c1-8(2)7-10(11(16)17)15-13(19)20-12(18)9-3-5-14-6-4-9/h3-6,8,10H,7H2,1-2H3,(H,15,19)(H,16,17)/t10-/m0/s1. The third-order valence-electron chi connectivity index (χ3n) is 2.40. The number of hydrogen-bond donors (Lipinski definition) is 2. The summed E-state index contributed by atoms with van der Waals surface area (Å²) in [4.78, 5) is 37.7. The van der Waals surface area contributed by atoms with Crippen LogP contribution in [0.25, 0.3) is 0 Å². The van der Waals surface area contributed by atoms with Gasteiger partial charge in [0.25, 0.3) is 0 Å². The van der Waals surface area contributed by atoms with Gasteiger partial charge in [0.2, 0.25) is 0 Å². The minimum Gasteiger partial charge on any atom is -0.480 e. The Balaban J connectivity index is 2.58. The van der Waals surface area contributed by atoms with Crippen molar-refractivity contribution in [3.8, 4) is 0 Å². The number of nitrogens with zero attached hydrogens (tertiary/aromatic N) is 1. The van der Waals surface area contributed by atoms with Crippen LogP contribution in [-0.4, -0.2) is 34.2 Å². The molecule has 1 heterocycles. The first-order valence-electron chi connectivity index (χ1n) is 6.05. The van der Waals surface area contributed by atoms with E-state index in [4.69, 9.17) is 5.11 Å². The summed E-state index contributed by atoms with van der Waals surface area (Å²) in [5.41, 5.74) is 0.158. The van der Waals surface area contributed by atoms with Gasteiger partial charge in [-0.05, 0) is 24.5 Å². The molecule has 1 amide bonds. The normalized spacial score (nSPS) is 11.8. The van der Waals surface area contributed by atoms with Crippen molar-refractivity contribution >= 4 is 18.0 Å². The highest BCUT2D eigenvalue weighted by atomic mass is 16.6. The molecule has 0 radical (unpaired) electrons. The number of carboxylic acids is 1. The van der Waals surface area contributed by atoms with Crippen LogP contribution in [0.2, 0.25) is 0 Å². The first-order valence-corrected chi connectivity index (χ1v) is 6.05. The minimum atomic E-state index is -1.17. The van der Waals surface area contributed by atoms with E-state index in [-0.39, 0.29) is 17.9 Å². The van der Waals surface area contributed by atoms with Crippen LogP contribution in [0.15, 0.2) is 24.5 Å². The number of carbonyl (C=O) groups is 3. The van der Waals surface area contributed by atoms with E-state index >= 15 is 0 Å². The molecule has 7 nitrogen and oxygen atoms in total. The van der Waals surface area contributed by atoms with E-state index in [1.54, 1.807) is 0 Å². The predicted octanol–water partition coefficient (Wildman–Crippen LogP) is 1.45. The lowest BCUT2D eigenvalue weighted by Gasteiger charge is -2.15. The number of pyridine rings is 1. The number of aromatic nitrogens is 1. The fourth-order valence-corrected chi connectivity index (χ4v) is 1.50. The van der Waals surface area contributed by atoms with Crippen molar-refractivity contribution in [3.05, 3.63) is 30.1 Å². The van der Waals surface area contributed by atoms with E-state index in [1.165, 1.54) is 24.5 Å². The van der Waals surface area contributed by atoms with Crippen LogP contribution in [0.3, 0.4) is 0 Å². The second kappa shape index (κ2) is 7.22. The van der Waals surface area contributed by atoms with E-state index in [1.807, 2.05) is 13.8 Å². The minimum absolute atomic E-state index is 0.0762. The zero-order valence-corrected chi connectivity index (χ0v) is 11.2. The largest absolute Gasteiger partial charge is 0.480 e. The molecule has 0 aliphatic rings. The van der Waals surface area contributed by atoms with Crippen molar-refractivity contribution in [2.75, 3.05) is 0 Å². The Morgan fingerprint density at radius 3 is 2.40 bits per heavy atom. The maximum absolute atomic E-state index is 11.6. The molecule has 7 heteroatoms. The molecule has 0 saturated carbocycles. The number of hydrogen-bond acceptors (Lipinski definition) is 5. The molecule has 0 aliphatic carbocycles. The second-order valence-corrected chi connectivity index (χ2v) is 4.58. The highest BCUT2D eigenvalue weighted by Crippen LogP contribution is 2.06. The van der Waals surface area contributed by atoms with E-state index in [2.05, 4.69) is 15.0 Å². The second-order valence-electron chi connectivity index (χ2n) is 4.58. The Morgan fingerprint density at radius 1 is 1.30 bits per heavy atom. The molecule has 0 unspecified atom stereocenters. The molecule has 1 atom stereocenters. The van der Waals surface area contributed by atoms with Crippen LogP contribution in [0.5, 0.6) is 0 Å². The van der Waals surface area contributed by atoms with Gasteiger partial charge >= 0.3 is 18.0 Å². The van der Waals surface area contributed by atoms with Crippen molar-refractivity contribution in [2.24, 2.45) is 5.92 Å². The topological polar surface area (TPSA) is 106 Å². The Labute approximate surface area is 116 Å². The Bertz CT molecular complexity index is 487. The van der Waals surface area contributed by atoms with Gasteiger partial charge in [-0.1, -0.05) is 13.8 Å². The van der Waals surface area contributed by atoms with Crippen molar-refractivity contribution in [1.29, 1.82) is 0 Å². The molecule has 1 aromatic rings. The molecule has 1 aromatic heterocycles. The molecule has 0 bridgehead atoms. The molecule has 1 rings (SSSR count). The number of carbonyl (C=O) groups excluding carboxylic acids is 2. The highest BCUT2D eigenvalue weighted by molar-refractivity contribution is 5.96. The van der Waals surface area contributed by atoms with Gasteiger partial charge in [-0.25, -0.2) is 14.4 Å². The van der Waals surface area contributed by atoms with E-state index < -0.39 is 24.1 Å². The zero-order chi connectivity index (χ0) is 15.1. The first-order chi connectivity index (χ1) is 9.40. The van der Waals surface area contributed by atoms with Gasteiger partial charge in [0.15, 0.2) is 0 Å². The van der Waals surface area contributed by atoms with E-state index in [9.17, 15) is 14.4 Å². The zero-order valence-electron chi connectivity index (χ0n) is 11.2. The number of amides is 1. The molecule has 20 heavy (non-hydrogen) atoms. The van der Waals surface area contributed by atoms with Crippen molar-refractivity contribution in [2.45, 2.75) is 26.3 Å². The fourth-order valence-electron chi connectivity index (χ4n) is 1.50. The molecule has 2 N–H and O–H groups in total. The summed E-state index contributed by atoms with van der Waals surface area (Å²) in [7, 11) is 0. The number of ether oxygens (including phenoxy) is 1. The van der Waals surface area contributed by atoms with Crippen LogP contribution in [0.1, 0.15) is 30.6 Å². The van der Waals surface area contributed by atoms with Crippen LogP contribution < -0.4 is 5.32 Å². The molecule has 0 saturated heterocycles. The molecular formula is C13H16N2O5. The van der Waals surface area contributed by atoms with Gasteiger partial charge in [-0.15, -0.1) is 0 Å². The van der Waals surface area contributed by atoms with E-state index in [0.29, 0.717) is 0 Å². The summed E-state index contributed by atoms with van der Waals surface area (Å²) in [6.07, 6.45) is 1.92. The van der Waals surface area contributed by atoms with Crippen LogP contribution in [0, 0.1) is 5.92 Å². The molecule has 0 aliphatic heterocycles. The summed E-state index contributed by atoms with van der Waals surface area (Å²) in [5.74, 6) is -1.96. The van der Waals surface area contributed by atoms with Crippen LogP contribution in [0.4, 0.5) is 4.79 Å². The smallest absolute Gasteiger partial charge is 0.415 e. The third-order valence-corrected chi connectivity index (χ3v) is 2.40. The van der Waals surface area contributed by atoms with Gasteiger partial charge in [0.05, 0.1) is 5.56 Å². The lowest BCUT2D eigenvalue weighted by atomic mass is 10.0. The van der Waals surface area contributed by atoms with Gasteiger partial charge < -0.3 is 15.2 Å². The first kappa shape index (κ1) is 15.6. The Morgan fingerprint density at radius 2 is 1.90 bits per heavy atom. The van der Waals surface area contributed by atoms with Crippen molar-refractivity contribution < 1.29 is 24.2 Å². The maximum atomic E-state index is 11.6. The lowest BCUT2D eigenvalue weighted by molar-refractivity contribution is -0.139. The fraction of sp³-hybridized carbons (Fsp3) is 0.385. The average Bonchev–Trinajstić information content (AvgIpc) is 2.38. The number of nitrogens with one attached hydrogen (secondary N) is 1. The number of rotatable bonds is 5. The Kier molecular flexibility index (Phi) is 5.64. The van der Waals surface area contributed by atoms with Crippen molar-refractivity contribution in [1.82, 2.24) is 10.3 Å². The molecule has 0 aromatic carbocycles. The average molecular weight is 280 g/mol. The predicted molar refractivity (Wildman–Crippen MR) is 69.1 cm³/mol. The molecule has 0 fully saturated rings. The lowest BCUT2D eigenvalue weighted by Crippen LogP contribution is -2.42. The number of carboxylic acid groups (broad SMARTS) is 1. The van der Waals surface area contributed by atoms with Gasteiger partial charge in [0.1, 0.15) is 6.04 Å². The summed E-state index contributed by atoms with van der Waals surface area (Å²) in [6.45, 7) is 3.65. The quantitative estimate of drug-likeness (QED) is 0.624. The van der Waals surface area contributed by atoms with Crippen molar-refractivity contribution in [3.63, 3.8) is 0 Å². The molecule has 108 valence electrons. The van der Waals surface area contributed by atoms with Gasteiger partial charge in [0, 0.05) is 12.4 Å². The third kappa shape index (κ3) is 5.05. The Hall–Kier alpha value is -2.44. The molecule has 0 spiro atoms. The highest BCUT2D eigenvalue weighted by Gasteiger charge is 2.23. The summed E-state index contributed by atoms with van der Waals surface area (Å²) in [6, 6.07) is 1.68. The van der Waals surface area contributed by atoms with E-state index in [0.717, 1.165) is 0 Å². The van der Waals surface area contributed by atoms with Crippen LogP contribution >= 0.6 is 0 Å². The SMILES string of the molecule is CC(C)C[C@H](NC(=O)OC(=O)c1ccncc1)C(=O)O. The van der Waals surface area contributed by atoms with Crippen LogP contribution in [-0.2, 0) is 9.53 Å². The summed E-state index contributed by atoms with van der Waals surface area (Å²) < 4.78 is 4.52. The number of aliphatic carboxylic acids is 1. The summed E-state index contributed by atoms with van der Waals surface area (Å²) in [5, 5.41) is 11.1. The monoisotopic (exact) mass is 280 g/mol. The number of esters is 1. The van der Waals surface area contributed by atoms with Gasteiger partial charge in [-0.2, -0.15) is 0 Å². The van der Waals surface area contributed by atoms with Gasteiger partial charge in [-0.3, -0.25) is 4.98 Å². The molecular weight excluding hydrogens is 264 g/mol. The summed E-state index contributed by atoms with van der Waals surface area (Å²) >= 11 is 0.